The number of H-pyrrole nitrogens is 1. The highest BCUT2D eigenvalue weighted by atomic mass is 32.2. The number of nitrogens with one attached hydrogen (secondary N) is 2. The molecule has 0 saturated carbocycles. The molecule has 4 nitrogen and oxygen atoms in total. The van der Waals surface area contributed by atoms with Crippen molar-refractivity contribution in [2.75, 3.05) is 12.9 Å². The number of aliphatic hydroxyl groups is 1. The first-order chi connectivity index (χ1) is 9.58. The number of thioether (sulfide) groups is 1. The van der Waals surface area contributed by atoms with Crippen LogP contribution < -0.4 is 5.32 Å². The molecular formula is C15H20N2O2S. The van der Waals surface area contributed by atoms with Crippen LogP contribution in [0.2, 0.25) is 0 Å². The summed E-state index contributed by atoms with van der Waals surface area (Å²) in [5, 5.41) is 13.2. The third-order valence-corrected chi connectivity index (χ3v) is 4.68. The summed E-state index contributed by atoms with van der Waals surface area (Å²) in [6, 6.07) is 7.68. The van der Waals surface area contributed by atoms with Gasteiger partial charge in [0.05, 0.1) is 12.2 Å². The number of carbonyl (C=O) groups excluding carboxylic acids is 1. The SMILES string of the molecule is CSC(CO)C(C)NC(=O)c1c(C)[nH]c2ccccc12. The van der Waals surface area contributed by atoms with Crippen molar-refractivity contribution in [3.05, 3.63) is 35.5 Å². The highest BCUT2D eigenvalue weighted by Gasteiger charge is 2.21. The number of aromatic amines is 1. The topological polar surface area (TPSA) is 65.1 Å². The van der Waals surface area contributed by atoms with E-state index in [0.29, 0.717) is 5.56 Å². The Bertz CT molecular complexity index is 605. The number of hydrogen-bond acceptors (Lipinski definition) is 3. The molecule has 0 bridgehead atoms. The molecule has 20 heavy (non-hydrogen) atoms. The molecule has 1 aromatic carbocycles. The average molecular weight is 292 g/mol. The Labute approximate surface area is 123 Å². The van der Waals surface area contributed by atoms with E-state index in [-0.39, 0.29) is 23.8 Å². The number of rotatable bonds is 5. The minimum Gasteiger partial charge on any atom is -0.395 e. The molecule has 2 rings (SSSR count). The normalized spacial score (nSPS) is 14.2. The van der Waals surface area contributed by atoms with Gasteiger partial charge in [-0.25, -0.2) is 0 Å². The molecule has 5 heteroatoms. The van der Waals surface area contributed by atoms with E-state index in [2.05, 4.69) is 10.3 Å². The molecule has 0 fully saturated rings. The molecule has 2 aromatic rings. The van der Waals surface area contributed by atoms with Crippen molar-refractivity contribution in [2.24, 2.45) is 0 Å². The zero-order valence-corrected chi connectivity index (χ0v) is 12.8. The molecule has 0 aliphatic carbocycles. The van der Waals surface area contributed by atoms with Gasteiger partial charge in [0.2, 0.25) is 0 Å². The Hall–Kier alpha value is -1.46. The minimum atomic E-state index is -0.0973. The molecule has 3 N–H and O–H groups in total. The molecule has 2 unspecified atom stereocenters. The number of aliphatic hydroxyl groups excluding tert-OH is 1. The van der Waals surface area contributed by atoms with E-state index < -0.39 is 0 Å². The van der Waals surface area contributed by atoms with E-state index in [0.717, 1.165) is 16.6 Å². The highest BCUT2D eigenvalue weighted by molar-refractivity contribution is 7.99. The maximum absolute atomic E-state index is 12.5. The Morgan fingerprint density at radius 1 is 1.45 bits per heavy atom. The van der Waals surface area contributed by atoms with E-state index in [9.17, 15) is 9.90 Å². The quantitative estimate of drug-likeness (QED) is 0.792. The molecule has 108 valence electrons. The van der Waals surface area contributed by atoms with Crippen LogP contribution in [0, 0.1) is 6.92 Å². The summed E-state index contributed by atoms with van der Waals surface area (Å²) in [5.41, 5.74) is 2.51. The molecule has 2 atom stereocenters. The first kappa shape index (κ1) is 14.9. The van der Waals surface area contributed by atoms with Crippen LogP contribution in [-0.4, -0.2) is 40.2 Å². The summed E-state index contributed by atoms with van der Waals surface area (Å²) < 4.78 is 0. The Kier molecular flexibility index (Phi) is 4.73. The number of amides is 1. The van der Waals surface area contributed by atoms with Gasteiger partial charge in [-0.1, -0.05) is 18.2 Å². The summed E-state index contributed by atoms with van der Waals surface area (Å²) >= 11 is 1.55. The van der Waals surface area contributed by atoms with Crippen LogP contribution in [0.3, 0.4) is 0 Å². The lowest BCUT2D eigenvalue weighted by Gasteiger charge is -2.21. The van der Waals surface area contributed by atoms with Crippen LogP contribution in [0.25, 0.3) is 10.9 Å². The first-order valence-electron chi connectivity index (χ1n) is 6.60. The number of para-hydroxylation sites is 1. The van der Waals surface area contributed by atoms with Crippen molar-refractivity contribution in [1.82, 2.24) is 10.3 Å². The average Bonchev–Trinajstić information content (AvgIpc) is 2.75. The zero-order chi connectivity index (χ0) is 14.7. The smallest absolute Gasteiger partial charge is 0.253 e. The maximum atomic E-state index is 12.5. The first-order valence-corrected chi connectivity index (χ1v) is 7.89. The minimum absolute atomic E-state index is 0.00413. The third-order valence-electron chi connectivity index (χ3n) is 3.52. The van der Waals surface area contributed by atoms with Gasteiger partial charge in [0.1, 0.15) is 0 Å². The molecule has 0 aliphatic rings. The molecule has 0 spiro atoms. The second-order valence-electron chi connectivity index (χ2n) is 4.89. The molecule has 1 amide bonds. The summed E-state index contributed by atoms with van der Waals surface area (Å²) in [6.45, 7) is 3.87. The van der Waals surface area contributed by atoms with E-state index in [1.54, 1.807) is 11.8 Å². The fourth-order valence-corrected chi connectivity index (χ4v) is 3.00. The van der Waals surface area contributed by atoms with E-state index >= 15 is 0 Å². The van der Waals surface area contributed by atoms with Crippen molar-refractivity contribution >= 4 is 28.6 Å². The summed E-state index contributed by atoms with van der Waals surface area (Å²) in [4.78, 5) is 15.7. The monoisotopic (exact) mass is 292 g/mol. The summed E-state index contributed by atoms with van der Waals surface area (Å²) in [5.74, 6) is -0.0973. The molecule has 1 heterocycles. The van der Waals surface area contributed by atoms with Crippen molar-refractivity contribution in [3.63, 3.8) is 0 Å². The van der Waals surface area contributed by atoms with Crippen LogP contribution >= 0.6 is 11.8 Å². The lowest BCUT2D eigenvalue weighted by Crippen LogP contribution is -2.41. The van der Waals surface area contributed by atoms with Gasteiger partial charge in [-0.05, 0) is 26.2 Å². The Morgan fingerprint density at radius 2 is 2.15 bits per heavy atom. The molecule has 0 radical (unpaired) electrons. The molecule has 0 saturated heterocycles. The summed E-state index contributed by atoms with van der Waals surface area (Å²) in [6.07, 6.45) is 1.93. The largest absolute Gasteiger partial charge is 0.395 e. The van der Waals surface area contributed by atoms with Gasteiger partial charge in [0, 0.05) is 27.9 Å². The Balaban J connectivity index is 2.25. The number of aryl methyl sites for hydroxylation is 1. The number of hydrogen-bond donors (Lipinski definition) is 3. The number of carbonyl (C=O) groups is 1. The van der Waals surface area contributed by atoms with Crippen molar-refractivity contribution in [2.45, 2.75) is 25.1 Å². The predicted molar refractivity (Wildman–Crippen MR) is 84.4 cm³/mol. The van der Waals surface area contributed by atoms with Crippen LogP contribution in [0.4, 0.5) is 0 Å². The fourth-order valence-electron chi connectivity index (χ4n) is 2.38. The lowest BCUT2D eigenvalue weighted by atomic mass is 10.1. The van der Waals surface area contributed by atoms with Gasteiger partial charge in [0.25, 0.3) is 5.91 Å². The predicted octanol–water partition coefficient (Wildman–Crippen LogP) is 2.32. The van der Waals surface area contributed by atoms with Gasteiger partial charge >= 0.3 is 0 Å². The van der Waals surface area contributed by atoms with Crippen molar-refractivity contribution in [1.29, 1.82) is 0 Å². The molecule has 1 aromatic heterocycles. The molecule has 0 aliphatic heterocycles. The summed E-state index contributed by atoms with van der Waals surface area (Å²) in [7, 11) is 0. The van der Waals surface area contributed by atoms with Gasteiger partial charge < -0.3 is 15.4 Å². The van der Waals surface area contributed by atoms with E-state index in [1.807, 2.05) is 44.4 Å². The highest BCUT2D eigenvalue weighted by Crippen LogP contribution is 2.22. The number of benzene rings is 1. The van der Waals surface area contributed by atoms with Gasteiger partial charge in [-0.15, -0.1) is 0 Å². The standard InChI is InChI=1S/C15H20N2O2S/c1-9(13(8-18)20-3)17-15(19)14-10(2)16-12-7-5-4-6-11(12)14/h4-7,9,13,16,18H,8H2,1-3H3,(H,17,19). The zero-order valence-electron chi connectivity index (χ0n) is 11.9. The fraction of sp³-hybridized carbons (Fsp3) is 0.400. The van der Waals surface area contributed by atoms with E-state index in [1.165, 1.54) is 0 Å². The molecular weight excluding hydrogens is 272 g/mol. The van der Waals surface area contributed by atoms with Gasteiger partial charge in [-0.2, -0.15) is 11.8 Å². The third kappa shape index (κ3) is 2.83. The second kappa shape index (κ2) is 6.33. The van der Waals surface area contributed by atoms with Crippen molar-refractivity contribution < 1.29 is 9.90 Å². The van der Waals surface area contributed by atoms with Gasteiger partial charge in [0.15, 0.2) is 0 Å². The second-order valence-corrected chi connectivity index (χ2v) is 5.97. The van der Waals surface area contributed by atoms with Crippen LogP contribution in [-0.2, 0) is 0 Å². The number of fused-ring (bicyclic) bond motifs is 1. The van der Waals surface area contributed by atoms with E-state index in [4.69, 9.17) is 0 Å². The van der Waals surface area contributed by atoms with Crippen LogP contribution in [0.1, 0.15) is 23.0 Å². The van der Waals surface area contributed by atoms with Crippen LogP contribution in [0.15, 0.2) is 24.3 Å². The van der Waals surface area contributed by atoms with Crippen LogP contribution in [0.5, 0.6) is 0 Å². The van der Waals surface area contributed by atoms with Crippen molar-refractivity contribution in [3.8, 4) is 0 Å². The maximum Gasteiger partial charge on any atom is 0.253 e. The number of aromatic nitrogens is 1. The van der Waals surface area contributed by atoms with Gasteiger partial charge in [-0.3, -0.25) is 4.79 Å². The lowest BCUT2D eigenvalue weighted by molar-refractivity contribution is 0.0937. The Morgan fingerprint density at radius 3 is 2.80 bits per heavy atom.